The normalized spacial score (nSPS) is 18.4. The number of aromatic nitrogens is 3. The van der Waals surface area contributed by atoms with Crippen LogP contribution in [-0.2, 0) is 11.3 Å². The number of nitrogens with one attached hydrogen (secondary N) is 1. The average molecular weight is 349 g/mol. The van der Waals surface area contributed by atoms with Crippen molar-refractivity contribution in [3.8, 4) is 0 Å². The van der Waals surface area contributed by atoms with Gasteiger partial charge >= 0.3 is 0 Å². The lowest BCUT2D eigenvalue weighted by molar-refractivity contribution is -0.0366. The maximum atomic E-state index is 6.41. The first kappa shape index (κ1) is 14.9. The van der Waals surface area contributed by atoms with Gasteiger partial charge in [-0.15, -0.1) is 11.3 Å². The topological polar surface area (TPSA) is 52.0 Å². The molecule has 1 saturated heterocycles. The Bertz CT molecular complexity index is 796. The van der Waals surface area contributed by atoms with Crippen LogP contribution in [0.15, 0.2) is 29.2 Å². The second-order valence-corrected chi connectivity index (χ2v) is 6.77. The van der Waals surface area contributed by atoms with E-state index in [1.54, 1.807) is 11.3 Å². The molecule has 3 heterocycles. The summed E-state index contributed by atoms with van der Waals surface area (Å²) in [6.07, 6.45) is 5.20. The van der Waals surface area contributed by atoms with Crippen LogP contribution < -0.4 is 5.32 Å². The Labute approximate surface area is 143 Å². The Morgan fingerprint density at radius 1 is 1.39 bits per heavy atom. The van der Waals surface area contributed by atoms with Crippen molar-refractivity contribution in [2.24, 2.45) is 0 Å². The number of fused-ring (bicyclic) bond motifs is 1. The van der Waals surface area contributed by atoms with Crippen molar-refractivity contribution in [1.82, 2.24) is 14.8 Å². The zero-order valence-corrected chi connectivity index (χ0v) is 14.1. The minimum atomic E-state index is 0.0294. The molecule has 3 aromatic rings. The third-order valence-electron chi connectivity index (χ3n) is 4.08. The third-order valence-corrected chi connectivity index (χ3v) is 5.02. The van der Waals surface area contributed by atoms with E-state index < -0.39 is 0 Å². The molecule has 0 saturated carbocycles. The molecule has 1 N–H and O–H groups in total. The van der Waals surface area contributed by atoms with Gasteiger partial charge in [0.2, 0.25) is 0 Å². The summed E-state index contributed by atoms with van der Waals surface area (Å²) >= 11 is 7.98. The van der Waals surface area contributed by atoms with Crippen LogP contribution in [0, 0.1) is 0 Å². The Morgan fingerprint density at radius 2 is 2.35 bits per heavy atom. The van der Waals surface area contributed by atoms with Crippen LogP contribution in [0.3, 0.4) is 0 Å². The first-order chi connectivity index (χ1) is 11.3. The lowest BCUT2D eigenvalue weighted by Crippen LogP contribution is -2.19. The van der Waals surface area contributed by atoms with Gasteiger partial charge < -0.3 is 10.1 Å². The number of nitrogens with zero attached hydrogens (tertiary/aromatic N) is 3. The lowest BCUT2D eigenvalue weighted by atomic mass is 10.1. The van der Waals surface area contributed by atoms with Crippen LogP contribution in [0.25, 0.3) is 10.9 Å². The number of ether oxygens (including phenoxy) is 1. The second kappa shape index (κ2) is 6.47. The van der Waals surface area contributed by atoms with Gasteiger partial charge in [-0.1, -0.05) is 11.6 Å². The predicted octanol–water partition coefficient (Wildman–Crippen LogP) is 4.46. The van der Waals surface area contributed by atoms with Crippen LogP contribution >= 0.6 is 22.9 Å². The zero-order chi connectivity index (χ0) is 15.6. The van der Waals surface area contributed by atoms with E-state index in [1.807, 2.05) is 27.8 Å². The number of benzene rings is 1. The van der Waals surface area contributed by atoms with Crippen molar-refractivity contribution in [2.75, 3.05) is 11.9 Å². The van der Waals surface area contributed by atoms with E-state index in [9.17, 15) is 0 Å². The molecule has 0 radical (unpaired) electrons. The van der Waals surface area contributed by atoms with Gasteiger partial charge in [0, 0.05) is 28.9 Å². The highest BCUT2D eigenvalue weighted by molar-refractivity contribution is 7.07. The SMILES string of the molecule is Clc1cc2cnn(C3CCCCO3)c2cc1CNc1cscn1. The van der Waals surface area contributed by atoms with Crippen LogP contribution in [-0.4, -0.2) is 21.4 Å². The summed E-state index contributed by atoms with van der Waals surface area (Å²) in [5, 5.41) is 11.6. The fourth-order valence-electron chi connectivity index (χ4n) is 2.88. The number of thiazole rings is 1. The van der Waals surface area contributed by atoms with Crippen molar-refractivity contribution in [2.45, 2.75) is 32.0 Å². The van der Waals surface area contributed by atoms with Crippen molar-refractivity contribution >= 4 is 39.7 Å². The molecule has 5 nitrogen and oxygen atoms in total. The molecule has 4 rings (SSSR count). The van der Waals surface area contributed by atoms with E-state index in [4.69, 9.17) is 16.3 Å². The summed E-state index contributed by atoms with van der Waals surface area (Å²) in [7, 11) is 0. The van der Waals surface area contributed by atoms with Crippen LogP contribution in [0.5, 0.6) is 0 Å². The van der Waals surface area contributed by atoms with E-state index in [-0.39, 0.29) is 6.23 Å². The van der Waals surface area contributed by atoms with Gasteiger partial charge in [-0.3, -0.25) is 0 Å². The van der Waals surface area contributed by atoms with Gasteiger partial charge in [0.25, 0.3) is 0 Å². The van der Waals surface area contributed by atoms with Crippen molar-refractivity contribution in [1.29, 1.82) is 0 Å². The number of hydrogen-bond acceptors (Lipinski definition) is 5. The lowest BCUT2D eigenvalue weighted by Gasteiger charge is -2.23. The molecule has 0 spiro atoms. The van der Waals surface area contributed by atoms with Crippen molar-refractivity contribution in [3.05, 3.63) is 39.8 Å². The number of hydrogen-bond donors (Lipinski definition) is 1. The predicted molar refractivity (Wildman–Crippen MR) is 93.0 cm³/mol. The maximum Gasteiger partial charge on any atom is 0.150 e. The molecule has 120 valence electrons. The van der Waals surface area contributed by atoms with Gasteiger partial charge in [-0.25, -0.2) is 9.67 Å². The summed E-state index contributed by atoms with van der Waals surface area (Å²) in [6, 6.07) is 4.07. The third kappa shape index (κ3) is 3.06. The molecule has 1 aliphatic rings. The van der Waals surface area contributed by atoms with E-state index in [2.05, 4.69) is 21.5 Å². The highest BCUT2D eigenvalue weighted by atomic mass is 35.5. The minimum absolute atomic E-state index is 0.0294. The molecule has 0 amide bonds. The quantitative estimate of drug-likeness (QED) is 0.756. The van der Waals surface area contributed by atoms with Gasteiger partial charge in [0.05, 0.1) is 17.2 Å². The summed E-state index contributed by atoms with van der Waals surface area (Å²) in [5.74, 6) is 0.871. The first-order valence-electron chi connectivity index (χ1n) is 7.70. The molecule has 0 aliphatic carbocycles. The van der Waals surface area contributed by atoms with Gasteiger partial charge in [0.1, 0.15) is 5.82 Å². The smallest absolute Gasteiger partial charge is 0.150 e. The number of anilines is 1. The van der Waals surface area contributed by atoms with E-state index >= 15 is 0 Å². The van der Waals surface area contributed by atoms with E-state index in [0.717, 1.165) is 46.8 Å². The zero-order valence-electron chi connectivity index (χ0n) is 12.5. The highest BCUT2D eigenvalue weighted by Gasteiger charge is 2.19. The van der Waals surface area contributed by atoms with E-state index in [0.29, 0.717) is 6.54 Å². The molecular formula is C16H17ClN4OS. The second-order valence-electron chi connectivity index (χ2n) is 5.64. The molecule has 23 heavy (non-hydrogen) atoms. The molecule has 1 aliphatic heterocycles. The number of halogens is 1. The van der Waals surface area contributed by atoms with Crippen molar-refractivity contribution in [3.63, 3.8) is 0 Å². The standard InChI is InChI=1S/C16H17ClN4OS/c17-13-5-12-8-20-21(16-3-1-2-4-22-16)14(12)6-11(13)7-18-15-9-23-10-19-15/h5-6,8-10,16,18H,1-4,7H2. The Kier molecular flexibility index (Phi) is 4.20. The van der Waals surface area contributed by atoms with Crippen LogP contribution in [0.2, 0.25) is 5.02 Å². The summed E-state index contributed by atoms with van der Waals surface area (Å²) in [5.41, 5.74) is 3.91. The molecular weight excluding hydrogens is 332 g/mol. The van der Waals surface area contributed by atoms with Crippen LogP contribution in [0.4, 0.5) is 5.82 Å². The molecule has 2 aromatic heterocycles. The van der Waals surface area contributed by atoms with Crippen LogP contribution in [0.1, 0.15) is 31.1 Å². The molecule has 0 bridgehead atoms. The van der Waals surface area contributed by atoms with Gasteiger partial charge in [0.15, 0.2) is 6.23 Å². The molecule has 7 heteroatoms. The Morgan fingerprint density at radius 3 is 3.13 bits per heavy atom. The minimum Gasteiger partial charge on any atom is -0.365 e. The fourth-order valence-corrected chi connectivity index (χ4v) is 3.62. The summed E-state index contributed by atoms with van der Waals surface area (Å²) in [4.78, 5) is 4.23. The number of rotatable bonds is 4. The molecule has 1 aromatic carbocycles. The Hall–Kier alpha value is -1.63. The van der Waals surface area contributed by atoms with E-state index in [1.165, 1.54) is 6.42 Å². The fraction of sp³-hybridized carbons (Fsp3) is 0.375. The maximum absolute atomic E-state index is 6.41. The van der Waals surface area contributed by atoms with Gasteiger partial charge in [-0.2, -0.15) is 5.10 Å². The molecule has 1 fully saturated rings. The summed E-state index contributed by atoms with van der Waals surface area (Å²) in [6.45, 7) is 1.44. The first-order valence-corrected chi connectivity index (χ1v) is 9.02. The average Bonchev–Trinajstić information content (AvgIpc) is 3.22. The van der Waals surface area contributed by atoms with Gasteiger partial charge in [-0.05, 0) is 37.0 Å². The molecule has 1 atom stereocenters. The van der Waals surface area contributed by atoms with Crippen molar-refractivity contribution < 1.29 is 4.74 Å². The summed E-state index contributed by atoms with van der Waals surface area (Å²) < 4.78 is 7.85. The Balaban J connectivity index is 1.63. The highest BCUT2D eigenvalue weighted by Crippen LogP contribution is 2.29. The largest absolute Gasteiger partial charge is 0.365 e. The monoisotopic (exact) mass is 348 g/mol. The molecule has 1 unspecified atom stereocenters.